The van der Waals surface area contributed by atoms with Gasteiger partial charge in [-0.05, 0) is 67.4 Å². The van der Waals surface area contributed by atoms with Crippen molar-refractivity contribution >= 4 is 11.9 Å². The van der Waals surface area contributed by atoms with Crippen molar-refractivity contribution in [3.8, 4) is 11.5 Å². The summed E-state index contributed by atoms with van der Waals surface area (Å²) < 4.78 is 49.7. The second kappa shape index (κ2) is 13.1. The van der Waals surface area contributed by atoms with E-state index in [0.717, 1.165) is 6.54 Å². The van der Waals surface area contributed by atoms with Gasteiger partial charge in [0.05, 0.1) is 50.3 Å². The van der Waals surface area contributed by atoms with E-state index in [9.17, 15) is 14.7 Å². The average molecular weight is 734 g/mol. The summed E-state index contributed by atoms with van der Waals surface area (Å²) in [6.45, 7) is 4.03. The molecule has 2 aromatic rings. The molecule has 4 saturated carbocycles. The fraction of sp³-hybridized carbons (Fsp3) is 0.610. The average Bonchev–Trinajstić information content (AvgIpc) is 3.56. The normalized spacial score (nSPS) is 41.5. The van der Waals surface area contributed by atoms with Gasteiger partial charge in [-0.3, -0.25) is 4.90 Å². The van der Waals surface area contributed by atoms with Crippen LogP contribution in [0.4, 0.5) is 0 Å². The summed E-state index contributed by atoms with van der Waals surface area (Å²) in [4.78, 5) is 31.2. The third-order valence-corrected chi connectivity index (χ3v) is 14.1. The lowest BCUT2D eigenvalue weighted by Gasteiger charge is -2.67. The van der Waals surface area contributed by atoms with Gasteiger partial charge in [-0.1, -0.05) is 19.1 Å². The fourth-order valence-corrected chi connectivity index (χ4v) is 12.6. The first-order valence-electron chi connectivity index (χ1n) is 18.5. The second-order valence-electron chi connectivity index (χ2n) is 15.8. The van der Waals surface area contributed by atoms with E-state index in [0.29, 0.717) is 35.8 Å². The summed E-state index contributed by atoms with van der Waals surface area (Å²) in [7, 11) is 9.88. The number of rotatable bonds is 12. The Labute approximate surface area is 310 Å². The van der Waals surface area contributed by atoms with E-state index in [4.69, 9.17) is 37.9 Å². The SMILES string of the molecule is CCN1C[C@]2(COC)C=C[C@H](OC)[C@@]34[C@@H]5C[C@]6(O)[C@@H](OC)C[C@@](OC(=O)c7ccc(OC)cc7)([C@H]5[C@H]6OC(=O)c5ccc(OC)cc5)[C@@H]([C@H](OC)[C@H]23)[C@@H]14. The van der Waals surface area contributed by atoms with Gasteiger partial charge in [-0.15, -0.1) is 0 Å². The van der Waals surface area contributed by atoms with Crippen LogP contribution in [0.1, 0.15) is 40.5 Å². The maximum absolute atomic E-state index is 14.6. The molecular formula is C41H51NO11. The van der Waals surface area contributed by atoms with Crippen LogP contribution in [0.3, 0.4) is 0 Å². The predicted octanol–water partition coefficient (Wildman–Crippen LogP) is 3.79. The van der Waals surface area contributed by atoms with Gasteiger partial charge in [0, 0.05) is 76.0 Å². The predicted molar refractivity (Wildman–Crippen MR) is 191 cm³/mol. The molecule has 12 nitrogen and oxygen atoms in total. The monoisotopic (exact) mass is 733 g/mol. The molecule has 5 fully saturated rings. The van der Waals surface area contributed by atoms with E-state index in [1.165, 1.54) is 0 Å². The van der Waals surface area contributed by atoms with Crippen molar-refractivity contribution in [2.45, 2.75) is 61.4 Å². The van der Waals surface area contributed by atoms with Gasteiger partial charge < -0.3 is 43.0 Å². The maximum atomic E-state index is 14.6. The Morgan fingerprint density at radius 3 is 2.02 bits per heavy atom. The Kier molecular flexibility index (Phi) is 8.98. The summed E-state index contributed by atoms with van der Waals surface area (Å²) in [5, 5.41) is 13.0. The van der Waals surface area contributed by atoms with E-state index in [1.54, 1.807) is 91.2 Å². The van der Waals surface area contributed by atoms with Gasteiger partial charge in [0.15, 0.2) is 0 Å². The number of benzene rings is 2. The van der Waals surface area contributed by atoms with Crippen molar-refractivity contribution in [2.24, 2.45) is 34.5 Å². The van der Waals surface area contributed by atoms with Crippen LogP contribution < -0.4 is 9.47 Å². The lowest BCUT2D eigenvalue weighted by molar-refractivity contribution is -0.268. The molecule has 1 spiro atoms. The Balaban J connectivity index is 1.36. The topological polar surface area (TPSA) is 131 Å². The maximum Gasteiger partial charge on any atom is 0.338 e. The molecule has 13 atom stereocenters. The number of carbonyl (C=O) groups excluding carboxylic acids is 2. The van der Waals surface area contributed by atoms with Crippen LogP contribution in [0.5, 0.6) is 11.5 Å². The van der Waals surface area contributed by atoms with Crippen molar-refractivity contribution in [1.29, 1.82) is 0 Å². The van der Waals surface area contributed by atoms with E-state index < -0.39 is 64.1 Å². The highest BCUT2D eigenvalue weighted by molar-refractivity contribution is 5.90. The van der Waals surface area contributed by atoms with E-state index in [1.807, 2.05) is 0 Å². The van der Waals surface area contributed by atoms with Crippen LogP contribution in [0, 0.1) is 34.5 Å². The fourth-order valence-electron chi connectivity index (χ4n) is 12.6. The zero-order valence-corrected chi connectivity index (χ0v) is 31.5. The zero-order chi connectivity index (χ0) is 37.5. The van der Waals surface area contributed by atoms with Gasteiger partial charge in [0.25, 0.3) is 0 Å². The number of carbonyl (C=O) groups is 2. The summed E-state index contributed by atoms with van der Waals surface area (Å²) in [6, 6.07) is 13.3. The number of hydrogen-bond donors (Lipinski definition) is 1. The highest BCUT2D eigenvalue weighted by Crippen LogP contribution is 2.80. The summed E-state index contributed by atoms with van der Waals surface area (Å²) in [5.41, 5.74) is -3.34. The van der Waals surface area contributed by atoms with Gasteiger partial charge in [-0.2, -0.15) is 0 Å². The molecule has 2 aromatic carbocycles. The highest BCUT2D eigenvalue weighted by Gasteiger charge is 2.89. The number of fused-ring (bicyclic) bond motifs is 2. The Morgan fingerprint density at radius 2 is 1.47 bits per heavy atom. The van der Waals surface area contributed by atoms with Crippen molar-refractivity contribution in [3.63, 3.8) is 0 Å². The highest BCUT2D eigenvalue weighted by atomic mass is 16.6. The molecule has 5 aliphatic carbocycles. The minimum atomic E-state index is -1.60. The lowest BCUT2D eigenvalue weighted by Crippen LogP contribution is -2.77. The molecule has 7 bridgehead atoms. The Bertz CT molecular complexity index is 1750. The number of piperidine rings is 1. The molecule has 0 amide bonds. The second-order valence-corrected chi connectivity index (χ2v) is 15.8. The molecule has 0 radical (unpaired) electrons. The third-order valence-electron chi connectivity index (χ3n) is 14.1. The van der Waals surface area contributed by atoms with Crippen LogP contribution in [-0.4, -0.2) is 126 Å². The minimum absolute atomic E-state index is 0.138. The number of aliphatic hydroxyl groups is 1. The molecule has 0 aromatic heterocycles. The molecule has 53 heavy (non-hydrogen) atoms. The molecule has 1 saturated heterocycles. The molecule has 6 aliphatic rings. The van der Waals surface area contributed by atoms with Gasteiger partial charge in [0.2, 0.25) is 0 Å². The number of methoxy groups -OCH3 is 6. The first kappa shape index (κ1) is 36.5. The van der Waals surface area contributed by atoms with E-state index in [2.05, 4.69) is 24.0 Å². The molecule has 0 unspecified atom stereocenters. The van der Waals surface area contributed by atoms with Gasteiger partial charge in [-0.25, -0.2) is 9.59 Å². The van der Waals surface area contributed by atoms with Crippen molar-refractivity contribution in [1.82, 2.24) is 4.90 Å². The number of nitrogens with zero attached hydrogens (tertiary/aromatic N) is 1. The summed E-state index contributed by atoms with van der Waals surface area (Å²) >= 11 is 0. The molecule has 286 valence electrons. The van der Waals surface area contributed by atoms with Crippen molar-refractivity contribution in [2.75, 3.05) is 62.4 Å². The minimum Gasteiger partial charge on any atom is -0.497 e. The van der Waals surface area contributed by atoms with Crippen LogP contribution in [0.25, 0.3) is 0 Å². The molecule has 1 aliphatic heterocycles. The van der Waals surface area contributed by atoms with Gasteiger partial charge >= 0.3 is 11.9 Å². The third kappa shape index (κ3) is 4.75. The van der Waals surface area contributed by atoms with Gasteiger partial charge in [0.1, 0.15) is 28.8 Å². The van der Waals surface area contributed by atoms with Crippen LogP contribution in [0.15, 0.2) is 60.7 Å². The van der Waals surface area contributed by atoms with Crippen LogP contribution >= 0.6 is 0 Å². The Hall–Kier alpha value is -3.52. The zero-order valence-electron chi connectivity index (χ0n) is 31.5. The molecule has 12 heteroatoms. The number of esters is 2. The largest absolute Gasteiger partial charge is 0.497 e. The lowest BCUT2D eigenvalue weighted by atomic mass is 9.44. The standard InChI is InChI=1S/C41H51NO11/c1-8-42-21-38(22-46-2)18-17-28(49-5)41-27-19-39(45)29(50-6)20-40(31(34(41)42)32(51-7)33(38)41,53-37(44)24-11-15-26(48-4)16-12-24)30(27)35(39)52-36(43)23-9-13-25(47-3)14-10-23/h9-18,27-35,45H,8,19-22H2,1-7H3/t27-,28+,29+,30-,31+,32+,33-,34-,35-,38+,39+,40-,41+/m1/s1. The molecule has 8 rings (SSSR count). The number of hydrogen-bond acceptors (Lipinski definition) is 12. The first-order valence-corrected chi connectivity index (χ1v) is 18.5. The van der Waals surface area contributed by atoms with Crippen LogP contribution in [0.2, 0.25) is 0 Å². The molecule has 1 N–H and O–H groups in total. The quantitative estimate of drug-likeness (QED) is 0.252. The molecular weight excluding hydrogens is 682 g/mol. The summed E-state index contributed by atoms with van der Waals surface area (Å²) in [6.07, 6.45) is 2.13. The molecule has 1 heterocycles. The van der Waals surface area contributed by atoms with Crippen molar-refractivity contribution in [3.05, 3.63) is 71.8 Å². The van der Waals surface area contributed by atoms with Crippen molar-refractivity contribution < 1.29 is 52.6 Å². The smallest absolute Gasteiger partial charge is 0.338 e. The number of likely N-dealkylation sites (tertiary alicyclic amines) is 1. The Morgan fingerprint density at radius 1 is 0.830 bits per heavy atom. The van der Waals surface area contributed by atoms with E-state index >= 15 is 0 Å². The number of ether oxygens (including phenoxy) is 8. The first-order chi connectivity index (χ1) is 25.6. The summed E-state index contributed by atoms with van der Waals surface area (Å²) in [5.74, 6) is -1.45. The van der Waals surface area contributed by atoms with Crippen LogP contribution in [-0.2, 0) is 28.4 Å². The van der Waals surface area contributed by atoms with E-state index in [-0.39, 0.29) is 36.8 Å².